The van der Waals surface area contributed by atoms with Gasteiger partial charge in [-0.3, -0.25) is 4.90 Å². The van der Waals surface area contributed by atoms with Crippen LogP contribution in [-0.2, 0) is 12.1 Å². The molecule has 112 valence electrons. The van der Waals surface area contributed by atoms with Gasteiger partial charge in [0.25, 0.3) is 0 Å². The van der Waals surface area contributed by atoms with Crippen molar-refractivity contribution in [1.29, 1.82) is 0 Å². The maximum atomic E-state index is 5.38. The fourth-order valence-corrected chi connectivity index (χ4v) is 3.02. The van der Waals surface area contributed by atoms with Gasteiger partial charge in [-0.15, -0.1) is 0 Å². The average molecular weight is 285 g/mol. The van der Waals surface area contributed by atoms with Crippen LogP contribution in [0.15, 0.2) is 40.9 Å². The molecule has 0 aliphatic carbocycles. The fourth-order valence-electron chi connectivity index (χ4n) is 3.02. The first-order chi connectivity index (χ1) is 10.1. The molecule has 2 heterocycles. The summed E-state index contributed by atoms with van der Waals surface area (Å²) in [5.74, 6) is 0.941. The molecule has 1 aromatic carbocycles. The zero-order valence-electron chi connectivity index (χ0n) is 13.0. The Morgan fingerprint density at radius 1 is 1.38 bits per heavy atom. The van der Waals surface area contributed by atoms with E-state index in [-0.39, 0.29) is 5.54 Å². The van der Waals surface area contributed by atoms with E-state index in [4.69, 9.17) is 4.52 Å². The Labute approximate surface area is 126 Å². The SMILES string of the molecule is Cc1cc(CN2CC(C)(c3ccccc3)NCC2C)on1. The van der Waals surface area contributed by atoms with Crippen molar-refractivity contribution < 1.29 is 4.52 Å². The van der Waals surface area contributed by atoms with Crippen molar-refractivity contribution >= 4 is 0 Å². The fraction of sp³-hybridized carbons (Fsp3) is 0.471. The van der Waals surface area contributed by atoms with Crippen molar-refractivity contribution in [2.45, 2.75) is 38.9 Å². The Morgan fingerprint density at radius 3 is 2.81 bits per heavy atom. The number of benzene rings is 1. The molecule has 0 saturated carbocycles. The molecule has 1 aliphatic rings. The number of piperazine rings is 1. The number of nitrogens with zero attached hydrogens (tertiary/aromatic N) is 2. The van der Waals surface area contributed by atoms with Gasteiger partial charge >= 0.3 is 0 Å². The van der Waals surface area contributed by atoms with Crippen LogP contribution in [0.3, 0.4) is 0 Å². The molecule has 2 aromatic rings. The number of aryl methyl sites for hydroxylation is 1. The minimum Gasteiger partial charge on any atom is -0.360 e. The van der Waals surface area contributed by atoms with E-state index in [0.29, 0.717) is 6.04 Å². The molecule has 1 fully saturated rings. The van der Waals surface area contributed by atoms with Gasteiger partial charge in [-0.2, -0.15) is 0 Å². The molecule has 1 N–H and O–H groups in total. The zero-order chi connectivity index (χ0) is 14.9. The van der Waals surface area contributed by atoms with Gasteiger partial charge in [-0.1, -0.05) is 35.5 Å². The molecule has 0 radical (unpaired) electrons. The van der Waals surface area contributed by atoms with Gasteiger partial charge in [0.05, 0.1) is 17.8 Å². The second-order valence-corrected chi connectivity index (χ2v) is 6.27. The first-order valence-electron chi connectivity index (χ1n) is 7.54. The number of hydrogen-bond donors (Lipinski definition) is 1. The molecule has 1 aromatic heterocycles. The highest BCUT2D eigenvalue weighted by Crippen LogP contribution is 2.27. The Bertz CT molecular complexity index is 595. The largest absolute Gasteiger partial charge is 0.360 e. The summed E-state index contributed by atoms with van der Waals surface area (Å²) in [4.78, 5) is 2.46. The van der Waals surface area contributed by atoms with E-state index in [1.165, 1.54) is 5.56 Å². The molecule has 0 bridgehead atoms. The van der Waals surface area contributed by atoms with Crippen LogP contribution >= 0.6 is 0 Å². The van der Waals surface area contributed by atoms with Gasteiger partial charge in [0.2, 0.25) is 0 Å². The lowest BCUT2D eigenvalue weighted by Gasteiger charge is -2.45. The van der Waals surface area contributed by atoms with Crippen molar-refractivity contribution in [3.8, 4) is 0 Å². The van der Waals surface area contributed by atoms with Crippen molar-refractivity contribution in [2.75, 3.05) is 13.1 Å². The van der Waals surface area contributed by atoms with Gasteiger partial charge < -0.3 is 9.84 Å². The molecule has 1 saturated heterocycles. The summed E-state index contributed by atoms with van der Waals surface area (Å²) in [5.41, 5.74) is 2.25. The van der Waals surface area contributed by atoms with Gasteiger partial charge in [-0.05, 0) is 26.3 Å². The maximum absolute atomic E-state index is 5.38. The highest BCUT2D eigenvalue weighted by molar-refractivity contribution is 5.25. The van der Waals surface area contributed by atoms with Gasteiger partial charge in [-0.25, -0.2) is 0 Å². The average Bonchev–Trinajstić information content (AvgIpc) is 2.89. The maximum Gasteiger partial charge on any atom is 0.150 e. The monoisotopic (exact) mass is 285 g/mol. The molecule has 4 heteroatoms. The summed E-state index contributed by atoms with van der Waals surface area (Å²) in [6.45, 7) is 9.22. The van der Waals surface area contributed by atoms with E-state index in [0.717, 1.165) is 31.1 Å². The number of rotatable bonds is 3. The predicted octanol–water partition coefficient (Wildman–Crippen LogP) is 2.69. The van der Waals surface area contributed by atoms with Crippen molar-refractivity contribution in [3.63, 3.8) is 0 Å². The quantitative estimate of drug-likeness (QED) is 0.941. The highest BCUT2D eigenvalue weighted by Gasteiger charge is 2.35. The first-order valence-corrected chi connectivity index (χ1v) is 7.54. The number of nitrogens with one attached hydrogen (secondary N) is 1. The van der Waals surface area contributed by atoms with Crippen LogP contribution in [0.5, 0.6) is 0 Å². The van der Waals surface area contributed by atoms with Crippen molar-refractivity contribution in [2.24, 2.45) is 0 Å². The molecular formula is C17H23N3O. The molecule has 2 unspecified atom stereocenters. The second-order valence-electron chi connectivity index (χ2n) is 6.27. The molecule has 0 spiro atoms. The summed E-state index contributed by atoms with van der Waals surface area (Å²) in [6.07, 6.45) is 0. The van der Waals surface area contributed by atoms with E-state index in [1.807, 2.05) is 13.0 Å². The first kappa shape index (κ1) is 14.3. The van der Waals surface area contributed by atoms with Crippen LogP contribution in [0.4, 0.5) is 0 Å². The van der Waals surface area contributed by atoms with Crippen LogP contribution in [0.1, 0.15) is 30.9 Å². The zero-order valence-corrected chi connectivity index (χ0v) is 13.0. The number of hydrogen-bond acceptors (Lipinski definition) is 4. The third-order valence-electron chi connectivity index (χ3n) is 4.38. The molecule has 0 amide bonds. The lowest BCUT2D eigenvalue weighted by Crippen LogP contribution is -2.59. The molecular weight excluding hydrogens is 262 g/mol. The van der Waals surface area contributed by atoms with Crippen LogP contribution in [0.25, 0.3) is 0 Å². The molecule has 4 nitrogen and oxygen atoms in total. The van der Waals surface area contributed by atoms with Crippen molar-refractivity contribution in [1.82, 2.24) is 15.4 Å². The highest BCUT2D eigenvalue weighted by atomic mass is 16.5. The van der Waals surface area contributed by atoms with Crippen LogP contribution in [0, 0.1) is 6.92 Å². The normalized spacial score (nSPS) is 26.9. The van der Waals surface area contributed by atoms with Crippen LogP contribution < -0.4 is 5.32 Å². The van der Waals surface area contributed by atoms with Crippen LogP contribution in [-0.4, -0.2) is 29.2 Å². The summed E-state index contributed by atoms with van der Waals surface area (Å²) in [6, 6.07) is 13.2. The lowest BCUT2D eigenvalue weighted by molar-refractivity contribution is 0.0791. The van der Waals surface area contributed by atoms with E-state index in [1.54, 1.807) is 0 Å². The van der Waals surface area contributed by atoms with E-state index in [2.05, 4.69) is 59.6 Å². The van der Waals surface area contributed by atoms with E-state index in [9.17, 15) is 0 Å². The lowest BCUT2D eigenvalue weighted by atomic mass is 9.88. The minimum absolute atomic E-state index is 0.0250. The Kier molecular flexibility index (Phi) is 3.83. The summed E-state index contributed by atoms with van der Waals surface area (Å²) in [5, 5.41) is 7.68. The third kappa shape index (κ3) is 3.01. The van der Waals surface area contributed by atoms with Gasteiger partial charge in [0.15, 0.2) is 5.76 Å². The van der Waals surface area contributed by atoms with Gasteiger partial charge in [0.1, 0.15) is 0 Å². The third-order valence-corrected chi connectivity index (χ3v) is 4.38. The summed E-state index contributed by atoms with van der Waals surface area (Å²) in [7, 11) is 0. The second kappa shape index (κ2) is 5.62. The smallest absolute Gasteiger partial charge is 0.150 e. The Morgan fingerprint density at radius 2 is 2.14 bits per heavy atom. The molecule has 21 heavy (non-hydrogen) atoms. The van der Waals surface area contributed by atoms with Crippen LogP contribution in [0.2, 0.25) is 0 Å². The molecule has 2 atom stereocenters. The van der Waals surface area contributed by atoms with Crippen molar-refractivity contribution in [3.05, 3.63) is 53.4 Å². The van der Waals surface area contributed by atoms with Gasteiger partial charge in [0, 0.05) is 25.2 Å². The number of aromatic nitrogens is 1. The summed E-state index contributed by atoms with van der Waals surface area (Å²) >= 11 is 0. The Hall–Kier alpha value is -1.65. The van der Waals surface area contributed by atoms with E-state index >= 15 is 0 Å². The minimum atomic E-state index is -0.0250. The molecule has 3 rings (SSSR count). The van der Waals surface area contributed by atoms with E-state index < -0.39 is 0 Å². The topological polar surface area (TPSA) is 41.3 Å². The molecule has 1 aliphatic heterocycles. The Balaban J connectivity index is 1.78. The predicted molar refractivity (Wildman–Crippen MR) is 82.9 cm³/mol. The standard InChI is InChI=1S/C17H23N3O/c1-13-9-16(21-19-13)11-20-12-17(3,18-10-14(20)2)15-7-5-4-6-8-15/h4-9,14,18H,10-12H2,1-3H3. The summed E-state index contributed by atoms with van der Waals surface area (Å²) < 4.78 is 5.38.